The van der Waals surface area contributed by atoms with Crippen LogP contribution >= 0.6 is 27.5 Å². The van der Waals surface area contributed by atoms with Gasteiger partial charge in [0.2, 0.25) is 5.09 Å². The zero-order valence-electron chi connectivity index (χ0n) is 11.4. The minimum atomic E-state index is -3.55. The second kappa shape index (κ2) is 6.39. The molecular weight excluding hydrogens is 380 g/mol. The van der Waals surface area contributed by atoms with Crippen LogP contribution in [0.1, 0.15) is 5.76 Å². The Morgan fingerprint density at radius 2 is 2.00 bits per heavy atom. The van der Waals surface area contributed by atoms with Gasteiger partial charge in [-0.25, -0.2) is 12.7 Å². The van der Waals surface area contributed by atoms with Crippen LogP contribution in [0.15, 0.2) is 44.3 Å². The highest BCUT2D eigenvalue weighted by Crippen LogP contribution is 2.26. The molecule has 8 heteroatoms. The van der Waals surface area contributed by atoms with Crippen molar-refractivity contribution in [3.63, 3.8) is 0 Å². The number of anilines is 1. The molecule has 114 valence electrons. The largest absolute Gasteiger partial charge is 0.446 e. The van der Waals surface area contributed by atoms with E-state index in [1.54, 1.807) is 12.1 Å². The first-order valence-corrected chi connectivity index (χ1v) is 8.62. The first-order chi connectivity index (χ1) is 9.80. The van der Waals surface area contributed by atoms with Gasteiger partial charge in [-0.2, -0.15) is 0 Å². The second-order valence-corrected chi connectivity index (χ2v) is 7.89. The van der Waals surface area contributed by atoms with E-state index in [0.29, 0.717) is 17.3 Å². The maximum absolute atomic E-state index is 11.9. The molecular formula is C13H14BrClN2O3S. The molecule has 0 saturated heterocycles. The van der Waals surface area contributed by atoms with Crippen LogP contribution in [-0.2, 0) is 16.6 Å². The fraction of sp³-hybridized carbons (Fsp3) is 0.231. The van der Waals surface area contributed by atoms with Gasteiger partial charge in [-0.05, 0) is 30.3 Å². The number of rotatable bonds is 5. The predicted molar refractivity (Wildman–Crippen MR) is 86.1 cm³/mol. The lowest BCUT2D eigenvalue weighted by molar-refractivity contribution is 0.402. The molecule has 1 aromatic heterocycles. The first kappa shape index (κ1) is 16.4. The molecule has 0 amide bonds. The minimum Gasteiger partial charge on any atom is -0.446 e. The Morgan fingerprint density at radius 1 is 1.29 bits per heavy atom. The predicted octanol–water partition coefficient (Wildman–Crippen LogP) is 3.56. The lowest BCUT2D eigenvalue weighted by Gasteiger charge is -2.09. The summed E-state index contributed by atoms with van der Waals surface area (Å²) in [6, 6.07) is 8.49. The fourth-order valence-electron chi connectivity index (χ4n) is 1.59. The maximum Gasteiger partial charge on any atom is 0.275 e. The van der Waals surface area contributed by atoms with E-state index in [4.69, 9.17) is 16.0 Å². The second-order valence-electron chi connectivity index (χ2n) is 4.49. The summed E-state index contributed by atoms with van der Waals surface area (Å²) in [4.78, 5) is 0. The van der Waals surface area contributed by atoms with Crippen molar-refractivity contribution in [3.05, 3.63) is 45.6 Å². The smallest absolute Gasteiger partial charge is 0.275 e. The van der Waals surface area contributed by atoms with Crippen molar-refractivity contribution >= 4 is 43.2 Å². The van der Waals surface area contributed by atoms with Crippen LogP contribution in [0, 0.1) is 0 Å². The van der Waals surface area contributed by atoms with Crippen molar-refractivity contribution in [2.24, 2.45) is 0 Å². The Bertz CT molecular complexity index is 744. The third-order valence-electron chi connectivity index (χ3n) is 2.75. The third-order valence-corrected chi connectivity index (χ3v) is 5.27. The van der Waals surface area contributed by atoms with E-state index < -0.39 is 10.0 Å². The van der Waals surface area contributed by atoms with E-state index in [2.05, 4.69) is 21.2 Å². The number of nitrogens with one attached hydrogen (secondary N) is 1. The van der Waals surface area contributed by atoms with E-state index in [-0.39, 0.29) is 5.09 Å². The molecule has 0 saturated carbocycles. The average molecular weight is 394 g/mol. The molecule has 0 aliphatic carbocycles. The molecule has 0 fully saturated rings. The summed E-state index contributed by atoms with van der Waals surface area (Å²) in [5.74, 6) is 0.506. The Hall–Kier alpha value is -1.02. The number of hydrogen-bond acceptors (Lipinski definition) is 4. The molecule has 0 spiro atoms. The molecule has 21 heavy (non-hydrogen) atoms. The van der Waals surface area contributed by atoms with Gasteiger partial charge in [0.1, 0.15) is 5.76 Å². The van der Waals surface area contributed by atoms with Crippen LogP contribution in [0.25, 0.3) is 0 Å². The van der Waals surface area contributed by atoms with Gasteiger partial charge in [-0.1, -0.05) is 27.5 Å². The van der Waals surface area contributed by atoms with E-state index in [1.807, 2.05) is 12.1 Å². The van der Waals surface area contributed by atoms with E-state index in [9.17, 15) is 8.42 Å². The summed E-state index contributed by atoms with van der Waals surface area (Å²) in [5, 5.41) is 3.60. The Balaban J connectivity index is 2.12. The van der Waals surface area contributed by atoms with Crippen molar-refractivity contribution in [2.75, 3.05) is 19.4 Å². The van der Waals surface area contributed by atoms with Gasteiger partial charge in [-0.3, -0.25) is 0 Å². The van der Waals surface area contributed by atoms with Gasteiger partial charge < -0.3 is 9.73 Å². The third kappa shape index (κ3) is 3.79. The number of furan rings is 1. The highest BCUT2D eigenvalue weighted by Gasteiger charge is 2.21. The van der Waals surface area contributed by atoms with E-state index in [0.717, 1.165) is 14.5 Å². The van der Waals surface area contributed by atoms with E-state index >= 15 is 0 Å². The number of benzene rings is 1. The normalized spacial score (nSPS) is 11.9. The van der Waals surface area contributed by atoms with Gasteiger partial charge in [-0.15, -0.1) is 0 Å². The first-order valence-electron chi connectivity index (χ1n) is 6.01. The summed E-state index contributed by atoms with van der Waals surface area (Å²) in [7, 11) is -0.638. The Labute approximate surface area is 137 Å². The summed E-state index contributed by atoms with van der Waals surface area (Å²) < 4.78 is 31.2. The van der Waals surface area contributed by atoms with Gasteiger partial charge in [0.05, 0.1) is 17.3 Å². The van der Waals surface area contributed by atoms with Crippen LogP contribution in [-0.4, -0.2) is 26.8 Å². The highest BCUT2D eigenvalue weighted by atomic mass is 79.9. The van der Waals surface area contributed by atoms with Crippen LogP contribution in [0.5, 0.6) is 0 Å². The molecule has 0 radical (unpaired) electrons. The molecule has 1 aromatic carbocycles. The standard InChI is InChI=1S/C13H14BrClN2O3S/c1-17(2)21(18,19)13-6-4-10(20-13)8-16-12-7-9(14)3-5-11(12)15/h3-7,16H,8H2,1-2H3. The molecule has 1 heterocycles. The number of hydrogen-bond donors (Lipinski definition) is 1. The molecule has 0 unspecified atom stereocenters. The molecule has 0 atom stereocenters. The van der Waals surface area contributed by atoms with Gasteiger partial charge in [0, 0.05) is 18.6 Å². The molecule has 0 bridgehead atoms. The topological polar surface area (TPSA) is 62.6 Å². The summed E-state index contributed by atoms with van der Waals surface area (Å²) in [6.45, 7) is 0.332. The zero-order chi connectivity index (χ0) is 15.6. The molecule has 2 aromatic rings. The fourth-order valence-corrected chi connectivity index (χ4v) is 2.94. The average Bonchev–Trinajstić information content (AvgIpc) is 2.89. The number of nitrogens with zero attached hydrogens (tertiary/aromatic N) is 1. The summed E-state index contributed by atoms with van der Waals surface area (Å²) >= 11 is 9.43. The van der Waals surface area contributed by atoms with Crippen LogP contribution < -0.4 is 5.32 Å². The van der Waals surface area contributed by atoms with Gasteiger partial charge in [0.15, 0.2) is 0 Å². The molecule has 1 N–H and O–H groups in total. The zero-order valence-corrected chi connectivity index (χ0v) is 14.6. The molecule has 0 aliphatic heterocycles. The molecule has 2 rings (SSSR count). The molecule has 0 aliphatic rings. The van der Waals surface area contributed by atoms with Gasteiger partial charge in [0.25, 0.3) is 10.0 Å². The maximum atomic E-state index is 11.9. The lowest BCUT2D eigenvalue weighted by atomic mass is 10.3. The number of halogens is 2. The van der Waals surface area contributed by atoms with Crippen LogP contribution in [0.3, 0.4) is 0 Å². The van der Waals surface area contributed by atoms with Crippen molar-refractivity contribution in [1.29, 1.82) is 0 Å². The lowest BCUT2D eigenvalue weighted by Crippen LogP contribution is -2.21. The Morgan fingerprint density at radius 3 is 2.67 bits per heavy atom. The quantitative estimate of drug-likeness (QED) is 0.844. The van der Waals surface area contributed by atoms with Crippen LogP contribution in [0.2, 0.25) is 5.02 Å². The number of sulfonamides is 1. The monoisotopic (exact) mass is 392 g/mol. The van der Waals surface area contributed by atoms with Crippen molar-refractivity contribution < 1.29 is 12.8 Å². The SMILES string of the molecule is CN(C)S(=O)(=O)c1ccc(CNc2cc(Br)ccc2Cl)o1. The van der Waals surface area contributed by atoms with Crippen LogP contribution in [0.4, 0.5) is 5.69 Å². The summed E-state index contributed by atoms with van der Waals surface area (Å²) in [6.07, 6.45) is 0. The molecule has 5 nitrogen and oxygen atoms in total. The minimum absolute atomic E-state index is 0.0790. The van der Waals surface area contributed by atoms with Gasteiger partial charge >= 0.3 is 0 Å². The highest BCUT2D eigenvalue weighted by molar-refractivity contribution is 9.10. The van der Waals surface area contributed by atoms with E-state index in [1.165, 1.54) is 20.2 Å². The van der Waals surface area contributed by atoms with Crippen molar-refractivity contribution in [3.8, 4) is 0 Å². The Kier molecular flexibility index (Phi) is 4.98. The van der Waals surface area contributed by atoms with Crippen molar-refractivity contribution in [1.82, 2.24) is 4.31 Å². The summed E-state index contributed by atoms with van der Waals surface area (Å²) in [5.41, 5.74) is 0.736. The van der Waals surface area contributed by atoms with Crippen molar-refractivity contribution in [2.45, 2.75) is 11.6 Å².